The number of amides is 1. The van der Waals surface area contributed by atoms with Gasteiger partial charge in [0.15, 0.2) is 0 Å². The van der Waals surface area contributed by atoms with Crippen LogP contribution in [0.25, 0.3) is 0 Å². The van der Waals surface area contributed by atoms with E-state index in [1.807, 2.05) is 11.9 Å². The number of hydrogen-bond acceptors (Lipinski definition) is 6. The van der Waals surface area contributed by atoms with Crippen LogP contribution in [0.3, 0.4) is 0 Å². The van der Waals surface area contributed by atoms with Crippen LogP contribution >= 0.6 is 0 Å². The molecule has 1 aliphatic carbocycles. The maximum Gasteiger partial charge on any atom is 0.274 e. The number of carbonyl (C=O) groups is 1. The van der Waals surface area contributed by atoms with Gasteiger partial charge in [-0.15, -0.1) is 0 Å². The van der Waals surface area contributed by atoms with Crippen LogP contribution in [0, 0.1) is 5.92 Å². The minimum absolute atomic E-state index is 0.0483. The van der Waals surface area contributed by atoms with Gasteiger partial charge in [0.1, 0.15) is 11.5 Å². The van der Waals surface area contributed by atoms with Crippen LogP contribution in [0.1, 0.15) is 42.6 Å². The zero-order valence-corrected chi connectivity index (χ0v) is 14.4. The smallest absolute Gasteiger partial charge is 0.274 e. The molecule has 1 amide bonds. The molecule has 1 aromatic heterocycles. The monoisotopic (exact) mass is 332 g/mol. The average Bonchev–Trinajstić information content (AvgIpc) is 2.86. The molecule has 2 fully saturated rings. The molecule has 3 rings (SSSR count). The molecule has 7 heteroatoms. The lowest BCUT2D eigenvalue weighted by atomic mass is 9.80. The summed E-state index contributed by atoms with van der Waals surface area (Å²) in [7, 11) is 1.87. The Kier molecular flexibility index (Phi) is 5.63. The van der Waals surface area contributed by atoms with Crippen LogP contribution in [-0.4, -0.2) is 59.5 Å². The zero-order valence-electron chi connectivity index (χ0n) is 14.4. The van der Waals surface area contributed by atoms with Crippen molar-refractivity contribution >= 4 is 11.7 Å². The fourth-order valence-electron chi connectivity index (χ4n) is 3.50. The molecule has 1 atom stereocenters. The normalized spacial score (nSPS) is 27.0. The first-order valence-electron chi connectivity index (χ1n) is 8.94. The van der Waals surface area contributed by atoms with E-state index >= 15 is 0 Å². The highest BCUT2D eigenvalue weighted by atomic mass is 16.2. The van der Waals surface area contributed by atoms with Crippen LogP contribution < -0.4 is 16.4 Å². The number of hydrogen-bond donors (Lipinski definition) is 3. The van der Waals surface area contributed by atoms with Crippen molar-refractivity contribution < 1.29 is 4.79 Å². The summed E-state index contributed by atoms with van der Waals surface area (Å²) >= 11 is 0. The molecule has 0 radical (unpaired) electrons. The maximum absolute atomic E-state index is 12.6. The average molecular weight is 332 g/mol. The Bertz CT molecular complexity index is 535. The van der Waals surface area contributed by atoms with Crippen molar-refractivity contribution in [1.82, 2.24) is 20.2 Å². The third-order valence-electron chi connectivity index (χ3n) is 5.21. The Morgan fingerprint density at radius 1 is 1.33 bits per heavy atom. The summed E-state index contributed by atoms with van der Waals surface area (Å²) in [6.45, 7) is 2.74. The van der Waals surface area contributed by atoms with Crippen molar-refractivity contribution in [3.63, 3.8) is 0 Å². The first-order valence-corrected chi connectivity index (χ1v) is 8.94. The van der Waals surface area contributed by atoms with Crippen molar-refractivity contribution in [3.05, 3.63) is 18.1 Å². The Morgan fingerprint density at radius 2 is 2.17 bits per heavy atom. The van der Waals surface area contributed by atoms with Crippen molar-refractivity contribution in [2.24, 2.45) is 11.7 Å². The number of nitrogens with zero attached hydrogens (tertiary/aromatic N) is 3. The maximum atomic E-state index is 12.6. The van der Waals surface area contributed by atoms with Crippen molar-refractivity contribution in [3.8, 4) is 0 Å². The third-order valence-corrected chi connectivity index (χ3v) is 5.21. The second-order valence-corrected chi connectivity index (χ2v) is 6.95. The summed E-state index contributed by atoms with van der Waals surface area (Å²) in [5, 5.41) is 6.72. The number of nitrogens with two attached hydrogens (primary N) is 1. The highest BCUT2D eigenvalue weighted by Crippen LogP contribution is 2.28. The highest BCUT2D eigenvalue weighted by molar-refractivity contribution is 5.92. The third kappa shape index (κ3) is 4.02. The summed E-state index contributed by atoms with van der Waals surface area (Å²) in [5.41, 5.74) is 6.05. The molecule has 2 heterocycles. The van der Waals surface area contributed by atoms with E-state index in [1.165, 1.54) is 0 Å². The Morgan fingerprint density at radius 3 is 2.88 bits per heavy atom. The minimum atomic E-state index is -0.0483. The van der Waals surface area contributed by atoms with Gasteiger partial charge < -0.3 is 21.3 Å². The second kappa shape index (κ2) is 7.90. The van der Waals surface area contributed by atoms with Gasteiger partial charge in [-0.1, -0.05) is 0 Å². The Labute approximate surface area is 143 Å². The van der Waals surface area contributed by atoms with E-state index in [4.69, 9.17) is 5.73 Å². The van der Waals surface area contributed by atoms with E-state index in [0.29, 0.717) is 17.7 Å². The molecule has 0 aromatic carbocycles. The van der Waals surface area contributed by atoms with E-state index in [2.05, 4.69) is 20.6 Å². The quantitative estimate of drug-likeness (QED) is 0.739. The summed E-state index contributed by atoms with van der Waals surface area (Å²) in [5.74, 6) is 1.31. The van der Waals surface area contributed by atoms with E-state index in [-0.39, 0.29) is 11.9 Å². The summed E-state index contributed by atoms with van der Waals surface area (Å²) in [6.07, 6.45) is 8.52. The van der Waals surface area contributed by atoms with Crippen molar-refractivity contribution in [2.45, 2.75) is 44.2 Å². The van der Waals surface area contributed by atoms with Crippen LogP contribution in [-0.2, 0) is 0 Å². The first-order chi connectivity index (χ1) is 11.7. The van der Waals surface area contributed by atoms with Gasteiger partial charge in [0.2, 0.25) is 0 Å². The first kappa shape index (κ1) is 17.1. The molecule has 0 spiro atoms. The fraction of sp³-hybridized carbons (Fsp3) is 0.706. The molecular formula is C17H28N6O. The van der Waals surface area contributed by atoms with Gasteiger partial charge in [0.25, 0.3) is 5.91 Å². The molecule has 1 unspecified atom stereocenters. The minimum Gasteiger partial charge on any atom is -0.366 e. The number of carbonyl (C=O) groups excluding carboxylic acids is 1. The van der Waals surface area contributed by atoms with Gasteiger partial charge >= 0.3 is 0 Å². The molecule has 1 saturated heterocycles. The highest BCUT2D eigenvalue weighted by Gasteiger charge is 2.28. The molecule has 132 valence electrons. The predicted molar refractivity (Wildman–Crippen MR) is 93.8 cm³/mol. The zero-order chi connectivity index (χ0) is 16.9. The van der Waals surface area contributed by atoms with Crippen LogP contribution in [0.2, 0.25) is 0 Å². The lowest BCUT2D eigenvalue weighted by molar-refractivity contribution is 0.0714. The van der Waals surface area contributed by atoms with Crippen molar-refractivity contribution in [2.75, 3.05) is 32.0 Å². The largest absolute Gasteiger partial charge is 0.366 e. The summed E-state index contributed by atoms with van der Waals surface area (Å²) in [6, 6.07) is 0.700. The molecule has 1 aromatic rings. The second-order valence-electron chi connectivity index (χ2n) is 6.95. The van der Waals surface area contributed by atoms with Gasteiger partial charge in [-0.25, -0.2) is 9.97 Å². The van der Waals surface area contributed by atoms with Crippen LogP contribution in [0.4, 0.5) is 5.82 Å². The van der Waals surface area contributed by atoms with Crippen molar-refractivity contribution in [1.29, 1.82) is 0 Å². The Hall–Kier alpha value is -1.73. The SMILES string of the molecule is CN(C(=O)c1cnc(NC2CC(CN)C2)cn1)C1CCCNCC1. The van der Waals surface area contributed by atoms with Gasteiger partial charge in [0, 0.05) is 19.1 Å². The topological polar surface area (TPSA) is 96.2 Å². The number of aromatic nitrogens is 2. The molecule has 1 aliphatic heterocycles. The fourth-order valence-corrected chi connectivity index (χ4v) is 3.50. The molecule has 7 nitrogen and oxygen atoms in total. The van der Waals surface area contributed by atoms with E-state index < -0.39 is 0 Å². The summed E-state index contributed by atoms with van der Waals surface area (Å²) in [4.78, 5) is 23.1. The molecular weight excluding hydrogens is 304 g/mol. The van der Waals surface area contributed by atoms with E-state index in [0.717, 1.165) is 57.6 Å². The molecule has 1 saturated carbocycles. The Balaban J connectivity index is 1.55. The lowest BCUT2D eigenvalue weighted by Crippen LogP contribution is -2.39. The number of anilines is 1. The van der Waals surface area contributed by atoms with E-state index in [1.54, 1.807) is 12.4 Å². The molecule has 24 heavy (non-hydrogen) atoms. The number of nitrogens with one attached hydrogen (secondary N) is 2. The van der Waals surface area contributed by atoms with E-state index in [9.17, 15) is 4.79 Å². The summed E-state index contributed by atoms with van der Waals surface area (Å²) < 4.78 is 0. The van der Waals surface area contributed by atoms with Gasteiger partial charge in [-0.2, -0.15) is 0 Å². The molecule has 2 aliphatic rings. The molecule has 0 bridgehead atoms. The standard InChI is InChI=1S/C17H28N6O/c1-23(14-3-2-5-19-6-4-14)17(24)15-10-21-16(11-20-15)22-13-7-12(8-13)9-18/h10-14,19H,2-9,18H2,1H3,(H,21,22). The van der Waals surface area contributed by atoms with Gasteiger partial charge in [-0.05, 0) is 57.7 Å². The van der Waals surface area contributed by atoms with Crippen LogP contribution in [0.15, 0.2) is 12.4 Å². The number of rotatable bonds is 5. The molecule has 4 N–H and O–H groups in total. The lowest BCUT2D eigenvalue weighted by Gasteiger charge is -2.35. The predicted octanol–water partition coefficient (Wildman–Crippen LogP) is 0.840. The van der Waals surface area contributed by atoms with Crippen LogP contribution in [0.5, 0.6) is 0 Å². The van der Waals surface area contributed by atoms with Gasteiger partial charge in [0.05, 0.1) is 12.4 Å². The van der Waals surface area contributed by atoms with Gasteiger partial charge in [-0.3, -0.25) is 4.79 Å².